The van der Waals surface area contributed by atoms with Crippen LogP contribution in [0.4, 0.5) is 13.2 Å². The zero-order valence-corrected chi connectivity index (χ0v) is 13.2. The van der Waals surface area contributed by atoms with Crippen molar-refractivity contribution in [3.05, 3.63) is 33.2 Å². The number of hydrogen-bond donors (Lipinski definition) is 1. The van der Waals surface area contributed by atoms with E-state index in [-0.39, 0.29) is 6.54 Å². The second kappa shape index (κ2) is 6.84. The van der Waals surface area contributed by atoms with E-state index < -0.39 is 46.6 Å². The van der Waals surface area contributed by atoms with Gasteiger partial charge in [-0.05, 0) is 18.9 Å². The molecule has 1 unspecified atom stereocenters. The van der Waals surface area contributed by atoms with E-state index in [0.717, 1.165) is 0 Å². The van der Waals surface area contributed by atoms with Crippen LogP contribution in [-0.2, 0) is 22.3 Å². The summed E-state index contributed by atoms with van der Waals surface area (Å²) in [7, 11) is 0. The Bertz CT molecular complexity index is 717. The molecule has 0 aliphatic carbocycles. The Morgan fingerprint density at radius 2 is 2.04 bits per heavy atom. The lowest BCUT2D eigenvalue weighted by Gasteiger charge is -2.31. The van der Waals surface area contributed by atoms with E-state index in [4.69, 9.17) is 17.3 Å². The van der Waals surface area contributed by atoms with E-state index in [2.05, 4.69) is 0 Å². The molecule has 0 aromatic carbocycles. The molecule has 1 aliphatic heterocycles. The quantitative estimate of drug-likeness (QED) is 0.874. The Hall–Kier alpha value is -2.03. The van der Waals surface area contributed by atoms with Crippen molar-refractivity contribution in [2.75, 3.05) is 13.1 Å². The molecule has 6 nitrogen and oxygen atoms in total. The summed E-state index contributed by atoms with van der Waals surface area (Å²) in [6.45, 7) is -0.145. The monoisotopic (exact) mass is 365 g/mol. The largest absolute Gasteiger partial charge is 0.417 e. The van der Waals surface area contributed by atoms with Crippen LogP contribution >= 0.6 is 11.6 Å². The second-order valence-corrected chi connectivity index (χ2v) is 6.00. The fraction of sp³-hybridized carbons (Fsp3) is 0.500. The van der Waals surface area contributed by atoms with Crippen molar-refractivity contribution >= 4 is 23.4 Å². The zero-order valence-electron chi connectivity index (χ0n) is 12.5. The number of nitrogens with two attached hydrogens (primary N) is 1. The number of rotatable bonds is 3. The molecule has 1 aromatic heterocycles. The minimum atomic E-state index is -4.69. The summed E-state index contributed by atoms with van der Waals surface area (Å²) in [5.74, 6) is -1.60. The number of carbonyl (C=O) groups is 2. The van der Waals surface area contributed by atoms with E-state index in [1.54, 1.807) is 0 Å². The molecule has 1 atom stereocenters. The summed E-state index contributed by atoms with van der Waals surface area (Å²) in [4.78, 5) is 36.6. The van der Waals surface area contributed by atoms with Gasteiger partial charge >= 0.3 is 6.18 Å². The van der Waals surface area contributed by atoms with Gasteiger partial charge < -0.3 is 15.2 Å². The maximum absolute atomic E-state index is 12.8. The fourth-order valence-electron chi connectivity index (χ4n) is 2.55. The van der Waals surface area contributed by atoms with Crippen LogP contribution in [0.2, 0.25) is 5.02 Å². The first-order valence-electron chi connectivity index (χ1n) is 7.14. The molecule has 2 N–H and O–H groups in total. The van der Waals surface area contributed by atoms with Gasteiger partial charge in [-0.2, -0.15) is 13.2 Å². The third kappa shape index (κ3) is 4.08. The number of alkyl halides is 3. The smallest absolute Gasteiger partial charge is 0.369 e. The van der Waals surface area contributed by atoms with E-state index in [1.165, 1.54) is 4.90 Å². The lowest BCUT2D eigenvalue weighted by atomic mass is 9.97. The van der Waals surface area contributed by atoms with Crippen LogP contribution in [-0.4, -0.2) is 34.4 Å². The van der Waals surface area contributed by atoms with Crippen molar-refractivity contribution in [1.29, 1.82) is 0 Å². The molecule has 0 radical (unpaired) electrons. The average Bonchev–Trinajstić information content (AvgIpc) is 2.50. The Labute approximate surface area is 140 Å². The number of nitrogens with zero attached hydrogens (tertiary/aromatic N) is 2. The second-order valence-electron chi connectivity index (χ2n) is 5.59. The fourth-order valence-corrected chi connectivity index (χ4v) is 2.78. The van der Waals surface area contributed by atoms with Crippen LogP contribution in [0, 0.1) is 5.92 Å². The van der Waals surface area contributed by atoms with Gasteiger partial charge in [-0.25, -0.2) is 0 Å². The van der Waals surface area contributed by atoms with Crippen LogP contribution in [0.15, 0.2) is 17.1 Å². The molecule has 132 valence electrons. The summed E-state index contributed by atoms with van der Waals surface area (Å²) in [5, 5.41) is -0.619. The standard InChI is InChI=1S/C14H15ClF3N3O3/c15-10-4-9(14(16,17)18)6-21(13(10)24)7-11(22)20-3-1-2-8(5-20)12(19)23/h4,6,8H,1-3,5,7H2,(H2,19,23). The molecule has 1 aromatic rings. The number of primary amides is 1. The molecule has 1 saturated heterocycles. The van der Waals surface area contributed by atoms with Crippen molar-refractivity contribution in [2.45, 2.75) is 25.6 Å². The van der Waals surface area contributed by atoms with Crippen LogP contribution < -0.4 is 11.3 Å². The van der Waals surface area contributed by atoms with Gasteiger partial charge in [0.05, 0.1) is 11.5 Å². The van der Waals surface area contributed by atoms with E-state index in [1.807, 2.05) is 0 Å². The SMILES string of the molecule is NC(=O)C1CCCN(C(=O)Cn2cc(C(F)(F)F)cc(Cl)c2=O)C1. The van der Waals surface area contributed by atoms with E-state index in [0.29, 0.717) is 36.2 Å². The molecule has 24 heavy (non-hydrogen) atoms. The lowest BCUT2D eigenvalue weighted by molar-refractivity contribution is -0.139. The number of halogens is 4. The first-order chi connectivity index (χ1) is 11.1. The van der Waals surface area contributed by atoms with Gasteiger partial charge in [0.2, 0.25) is 11.8 Å². The van der Waals surface area contributed by atoms with Crippen molar-refractivity contribution in [2.24, 2.45) is 11.7 Å². The molecule has 2 rings (SSSR count). The van der Waals surface area contributed by atoms with Crippen molar-refractivity contribution in [3.63, 3.8) is 0 Å². The van der Waals surface area contributed by atoms with Crippen molar-refractivity contribution in [1.82, 2.24) is 9.47 Å². The van der Waals surface area contributed by atoms with Crippen LogP contribution in [0.1, 0.15) is 18.4 Å². The summed E-state index contributed by atoms with van der Waals surface area (Å²) in [5.41, 5.74) is 3.21. The highest BCUT2D eigenvalue weighted by molar-refractivity contribution is 6.30. The van der Waals surface area contributed by atoms with Crippen LogP contribution in [0.3, 0.4) is 0 Å². The van der Waals surface area contributed by atoms with Crippen LogP contribution in [0.25, 0.3) is 0 Å². The third-order valence-corrected chi connectivity index (χ3v) is 4.12. The molecule has 2 heterocycles. The summed E-state index contributed by atoms with van der Waals surface area (Å²) < 4.78 is 39.0. The topological polar surface area (TPSA) is 85.4 Å². The molecular weight excluding hydrogens is 351 g/mol. The van der Waals surface area contributed by atoms with Gasteiger partial charge in [-0.1, -0.05) is 11.6 Å². The molecule has 0 saturated carbocycles. The van der Waals surface area contributed by atoms with Gasteiger partial charge in [0.15, 0.2) is 0 Å². The van der Waals surface area contributed by atoms with Gasteiger partial charge in [-0.3, -0.25) is 14.4 Å². The minimum Gasteiger partial charge on any atom is -0.369 e. The molecule has 0 bridgehead atoms. The normalized spacial score (nSPS) is 18.5. The van der Waals surface area contributed by atoms with Gasteiger partial charge in [0, 0.05) is 19.3 Å². The zero-order chi connectivity index (χ0) is 18.1. The molecule has 1 fully saturated rings. The van der Waals surface area contributed by atoms with Gasteiger partial charge in [-0.15, -0.1) is 0 Å². The number of carbonyl (C=O) groups excluding carboxylic acids is 2. The number of pyridine rings is 1. The number of amides is 2. The highest BCUT2D eigenvalue weighted by Gasteiger charge is 2.33. The Morgan fingerprint density at radius 3 is 2.62 bits per heavy atom. The van der Waals surface area contributed by atoms with Crippen molar-refractivity contribution in [3.8, 4) is 0 Å². The first-order valence-corrected chi connectivity index (χ1v) is 7.51. The average molecular weight is 366 g/mol. The predicted molar refractivity (Wildman–Crippen MR) is 79.2 cm³/mol. The molecule has 10 heteroatoms. The first kappa shape index (κ1) is 18.3. The highest BCUT2D eigenvalue weighted by atomic mass is 35.5. The van der Waals surface area contributed by atoms with Gasteiger partial charge in [0.25, 0.3) is 5.56 Å². The lowest BCUT2D eigenvalue weighted by Crippen LogP contribution is -2.46. The Morgan fingerprint density at radius 1 is 1.38 bits per heavy atom. The predicted octanol–water partition coefficient (Wildman–Crippen LogP) is 1.24. The van der Waals surface area contributed by atoms with Crippen LogP contribution in [0.5, 0.6) is 0 Å². The molecule has 0 spiro atoms. The summed E-state index contributed by atoms with van der Waals surface area (Å²) in [6, 6.07) is 0.523. The van der Waals surface area contributed by atoms with Crippen molar-refractivity contribution < 1.29 is 22.8 Å². The number of aromatic nitrogens is 1. The molecule has 2 amide bonds. The third-order valence-electron chi connectivity index (χ3n) is 3.85. The maximum Gasteiger partial charge on any atom is 0.417 e. The Kier molecular flexibility index (Phi) is 5.22. The summed E-state index contributed by atoms with van der Waals surface area (Å²) in [6.07, 6.45) is -3.03. The number of likely N-dealkylation sites (tertiary alicyclic amines) is 1. The Balaban J connectivity index is 2.21. The maximum atomic E-state index is 12.8. The minimum absolute atomic E-state index is 0.0929. The molecule has 1 aliphatic rings. The van der Waals surface area contributed by atoms with Gasteiger partial charge in [0.1, 0.15) is 11.6 Å². The highest BCUT2D eigenvalue weighted by Crippen LogP contribution is 2.29. The molecular formula is C14H15ClF3N3O3. The number of piperidine rings is 1. The van der Waals surface area contributed by atoms with E-state index >= 15 is 0 Å². The van der Waals surface area contributed by atoms with E-state index in [9.17, 15) is 27.6 Å². The summed E-state index contributed by atoms with van der Waals surface area (Å²) >= 11 is 5.54. The number of hydrogen-bond acceptors (Lipinski definition) is 3.